The lowest BCUT2D eigenvalue weighted by atomic mass is 9.99. The summed E-state index contributed by atoms with van der Waals surface area (Å²) in [7, 11) is 0. The summed E-state index contributed by atoms with van der Waals surface area (Å²) < 4.78 is 0. The van der Waals surface area contributed by atoms with Crippen LogP contribution in [0.25, 0.3) is 10.9 Å². The summed E-state index contributed by atoms with van der Waals surface area (Å²) in [6.07, 6.45) is 1.85. The van der Waals surface area contributed by atoms with Crippen LogP contribution < -0.4 is 27.4 Å². The van der Waals surface area contributed by atoms with Gasteiger partial charge in [0, 0.05) is 23.5 Å². The van der Waals surface area contributed by atoms with E-state index in [0.29, 0.717) is 0 Å². The second kappa shape index (κ2) is 14.3. The van der Waals surface area contributed by atoms with Crippen molar-refractivity contribution in [3.8, 4) is 0 Å². The normalized spacial score (nSPS) is 14.4. The second-order valence-corrected chi connectivity index (χ2v) is 10.6. The number of amides is 4. The number of aromatic nitrogens is 1. The summed E-state index contributed by atoms with van der Waals surface area (Å²) in [5.41, 5.74) is 12.5. The fourth-order valence-electron chi connectivity index (χ4n) is 4.26. The van der Waals surface area contributed by atoms with Gasteiger partial charge < -0.3 is 37.5 Å². The summed E-state index contributed by atoms with van der Waals surface area (Å²) in [6, 6.07) is 2.88. The van der Waals surface area contributed by atoms with E-state index in [1.54, 1.807) is 6.20 Å². The number of carbonyl (C=O) groups excluding carboxylic acids is 4. The van der Waals surface area contributed by atoms with E-state index < -0.39 is 53.8 Å². The number of primary amides is 1. The highest BCUT2D eigenvalue weighted by Gasteiger charge is 2.31. The first-order valence-corrected chi connectivity index (χ1v) is 13.0. The van der Waals surface area contributed by atoms with Gasteiger partial charge in [-0.2, -0.15) is 0 Å². The Hall–Kier alpha value is -3.93. The van der Waals surface area contributed by atoms with Crippen molar-refractivity contribution in [3.05, 3.63) is 36.0 Å². The van der Waals surface area contributed by atoms with Gasteiger partial charge in [0.2, 0.25) is 23.6 Å². The monoisotopic (exact) mass is 544 g/mol. The van der Waals surface area contributed by atoms with Crippen LogP contribution in [-0.4, -0.2) is 63.9 Å². The Labute approximate surface area is 227 Å². The number of para-hydroxylation sites is 1. The molecule has 1 aromatic carbocycles. The third-order valence-electron chi connectivity index (χ3n) is 6.15. The predicted molar refractivity (Wildman–Crippen MR) is 146 cm³/mol. The molecule has 0 spiro atoms. The first-order valence-electron chi connectivity index (χ1n) is 13.0. The van der Waals surface area contributed by atoms with Gasteiger partial charge in [-0.25, -0.2) is 4.79 Å². The van der Waals surface area contributed by atoms with Crippen molar-refractivity contribution in [3.63, 3.8) is 0 Å². The molecule has 4 unspecified atom stereocenters. The van der Waals surface area contributed by atoms with Crippen LogP contribution in [-0.2, 0) is 30.4 Å². The zero-order chi connectivity index (χ0) is 29.3. The molecule has 0 aliphatic heterocycles. The van der Waals surface area contributed by atoms with Gasteiger partial charge >= 0.3 is 5.97 Å². The van der Waals surface area contributed by atoms with Crippen LogP contribution in [0, 0.1) is 11.8 Å². The molecule has 2 rings (SSSR count). The molecule has 0 saturated carbocycles. The number of benzene rings is 1. The number of nitrogens with two attached hydrogens (primary N) is 2. The van der Waals surface area contributed by atoms with Crippen molar-refractivity contribution >= 4 is 40.5 Å². The minimum absolute atomic E-state index is 0.00306. The lowest BCUT2D eigenvalue weighted by Crippen LogP contribution is -2.58. The minimum Gasteiger partial charge on any atom is -0.480 e. The van der Waals surface area contributed by atoms with Crippen LogP contribution >= 0.6 is 0 Å². The largest absolute Gasteiger partial charge is 0.480 e. The van der Waals surface area contributed by atoms with Gasteiger partial charge in [-0.1, -0.05) is 45.9 Å². The van der Waals surface area contributed by atoms with Crippen molar-refractivity contribution in [1.29, 1.82) is 0 Å². The summed E-state index contributed by atoms with van der Waals surface area (Å²) in [6.45, 7) is 7.40. The Morgan fingerprint density at radius 2 is 1.38 bits per heavy atom. The number of hydrogen-bond acceptors (Lipinski definition) is 6. The lowest BCUT2D eigenvalue weighted by molar-refractivity contribution is -0.142. The molecule has 0 fully saturated rings. The highest BCUT2D eigenvalue weighted by atomic mass is 16.4. The number of aromatic amines is 1. The molecule has 12 nitrogen and oxygen atoms in total. The molecular weight excluding hydrogens is 504 g/mol. The molecule has 1 aromatic heterocycles. The predicted octanol–water partition coefficient (Wildman–Crippen LogP) is 0.544. The van der Waals surface area contributed by atoms with Gasteiger partial charge in [0.1, 0.15) is 18.1 Å². The third kappa shape index (κ3) is 9.71. The van der Waals surface area contributed by atoms with E-state index in [9.17, 15) is 29.1 Å². The van der Waals surface area contributed by atoms with E-state index in [1.165, 1.54) is 0 Å². The zero-order valence-corrected chi connectivity index (χ0v) is 22.8. The number of carboxylic acids is 1. The number of hydrogen-bond donors (Lipinski definition) is 7. The van der Waals surface area contributed by atoms with Gasteiger partial charge in [0.25, 0.3) is 0 Å². The van der Waals surface area contributed by atoms with Crippen LogP contribution in [0.5, 0.6) is 0 Å². The van der Waals surface area contributed by atoms with Gasteiger partial charge in [-0.3, -0.25) is 19.2 Å². The molecule has 214 valence electrons. The Kier molecular flexibility index (Phi) is 11.5. The Morgan fingerprint density at radius 1 is 0.846 bits per heavy atom. The molecule has 0 saturated heterocycles. The average Bonchev–Trinajstić information content (AvgIpc) is 3.24. The van der Waals surface area contributed by atoms with Crippen molar-refractivity contribution < 1.29 is 29.1 Å². The van der Waals surface area contributed by atoms with Gasteiger partial charge in [0.15, 0.2) is 0 Å². The summed E-state index contributed by atoms with van der Waals surface area (Å²) >= 11 is 0. The van der Waals surface area contributed by atoms with E-state index >= 15 is 0 Å². The number of carbonyl (C=O) groups is 5. The summed E-state index contributed by atoms with van der Waals surface area (Å²) in [5, 5.41) is 18.3. The van der Waals surface area contributed by atoms with E-state index in [4.69, 9.17) is 11.5 Å². The second-order valence-electron chi connectivity index (χ2n) is 10.6. The number of aliphatic carboxylic acids is 1. The third-order valence-corrected chi connectivity index (χ3v) is 6.15. The smallest absolute Gasteiger partial charge is 0.326 e. The quantitative estimate of drug-likeness (QED) is 0.169. The SMILES string of the molecule is CC(C)CC(NC(=O)C(Cc1c[nH]c2ccccc12)NC(=O)C(CC(C)C)NC(=O)C(N)CC(N)=O)C(=O)O. The van der Waals surface area contributed by atoms with E-state index in [1.807, 2.05) is 52.0 Å². The Bertz CT molecular complexity index is 1180. The lowest BCUT2D eigenvalue weighted by Gasteiger charge is -2.26. The number of H-pyrrole nitrogens is 1. The standard InChI is InChI=1S/C27H40N6O6/c1-14(2)9-20(31-24(35)18(28)12-23(29)34)25(36)32-21(26(37)33-22(27(38)39)10-15(3)4)11-16-13-30-19-8-6-5-7-17(16)19/h5-8,13-15,18,20-22,30H,9-12,28H2,1-4H3,(H2,29,34)(H,31,35)(H,32,36)(H,33,37)(H,38,39). The maximum absolute atomic E-state index is 13.4. The molecule has 0 radical (unpaired) electrons. The first kappa shape index (κ1) is 31.3. The van der Waals surface area contributed by atoms with Crippen LogP contribution in [0.2, 0.25) is 0 Å². The number of carboxylic acid groups (broad SMARTS) is 1. The van der Waals surface area contributed by atoms with E-state index in [2.05, 4.69) is 20.9 Å². The molecule has 0 aliphatic carbocycles. The maximum Gasteiger partial charge on any atom is 0.326 e. The highest BCUT2D eigenvalue weighted by Crippen LogP contribution is 2.20. The maximum atomic E-state index is 13.4. The fourth-order valence-corrected chi connectivity index (χ4v) is 4.26. The molecule has 1 heterocycles. The van der Waals surface area contributed by atoms with E-state index in [-0.39, 0.29) is 37.5 Å². The summed E-state index contributed by atoms with van der Waals surface area (Å²) in [4.78, 5) is 65.4. The van der Waals surface area contributed by atoms with Crippen molar-refractivity contribution in [2.45, 2.75) is 77.5 Å². The molecule has 0 bridgehead atoms. The Morgan fingerprint density at radius 3 is 1.97 bits per heavy atom. The van der Waals surface area contributed by atoms with Crippen molar-refractivity contribution in [1.82, 2.24) is 20.9 Å². The fraction of sp³-hybridized carbons (Fsp3) is 0.519. The number of nitrogens with one attached hydrogen (secondary N) is 4. The molecule has 9 N–H and O–H groups in total. The van der Waals surface area contributed by atoms with Crippen LogP contribution in [0.15, 0.2) is 30.5 Å². The van der Waals surface area contributed by atoms with Crippen LogP contribution in [0.3, 0.4) is 0 Å². The first-order chi connectivity index (χ1) is 18.3. The number of fused-ring (bicyclic) bond motifs is 1. The molecule has 2 aromatic rings. The van der Waals surface area contributed by atoms with Crippen molar-refractivity contribution in [2.75, 3.05) is 0 Å². The molecule has 39 heavy (non-hydrogen) atoms. The van der Waals surface area contributed by atoms with Crippen molar-refractivity contribution in [2.24, 2.45) is 23.3 Å². The topological polar surface area (TPSA) is 210 Å². The Balaban J connectivity index is 2.32. The van der Waals surface area contributed by atoms with Gasteiger partial charge in [0.05, 0.1) is 12.5 Å². The van der Waals surface area contributed by atoms with Crippen LogP contribution in [0.1, 0.15) is 52.5 Å². The van der Waals surface area contributed by atoms with E-state index in [0.717, 1.165) is 16.5 Å². The molecule has 0 aliphatic rings. The van der Waals surface area contributed by atoms with Gasteiger partial charge in [-0.15, -0.1) is 0 Å². The number of rotatable bonds is 15. The average molecular weight is 545 g/mol. The zero-order valence-electron chi connectivity index (χ0n) is 22.8. The molecule has 4 amide bonds. The van der Waals surface area contributed by atoms with Gasteiger partial charge in [-0.05, 0) is 36.3 Å². The molecular formula is C27H40N6O6. The minimum atomic E-state index is -1.23. The highest BCUT2D eigenvalue weighted by molar-refractivity contribution is 5.95. The van der Waals surface area contributed by atoms with Crippen LogP contribution in [0.4, 0.5) is 0 Å². The molecule has 4 atom stereocenters. The summed E-state index contributed by atoms with van der Waals surface area (Å²) in [5.74, 6) is -3.98. The molecule has 12 heteroatoms.